The van der Waals surface area contributed by atoms with Gasteiger partial charge in [0.1, 0.15) is 15.0 Å². The van der Waals surface area contributed by atoms with Gasteiger partial charge in [0, 0.05) is 16.8 Å². The minimum atomic E-state index is -4.94. The van der Waals surface area contributed by atoms with Gasteiger partial charge in [0.15, 0.2) is 11.6 Å². The number of anilines is 3. The lowest BCUT2D eigenvalue weighted by atomic mass is 9.82. The maximum atomic E-state index is 13.5. The van der Waals surface area contributed by atoms with Gasteiger partial charge in [-0.2, -0.15) is 8.42 Å². The highest BCUT2D eigenvalue weighted by Gasteiger charge is 2.36. The van der Waals surface area contributed by atoms with Crippen molar-refractivity contribution in [2.45, 2.75) is 87.3 Å². The van der Waals surface area contributed by atoms with Crippen molar-refractivity contribution in [1.29, 1.82) is 0 Å². The molecule has 0 aromatic heterocycles. The van der Waals surface area contributed by atoms with Gasteiger partial charge in [0.2, 0.25) is 0 Å². The first-order valence-electron chi connectivity index (χ1n) is 14.8. The Morgan fingerprint density at radius 2 is 1.30 bits per heavy atom. The van der Waals surface area contributed by atoms with Crippen LogP contribution < -0.4 is 11.1 Å². The van der Waals surface area contributed by atoms with Crippen LogP contribution in [0.4, 0.5) is 17.1 Å². The van der Waals surface area contributed by atoms with Crippen molar-refractivity contribution in [2.24, 2.45) is 0 Å². The first-order chi connectivity index (χ1) is 20.8. The van der Waals surface area contributed by atoms with E-state index in [0.717, 1.165) is 37.8 Å². The SMILES string of the molecule is CCCCCCCCCCCCc1ccc(Nc2cc(S(=O)(=O)O)c(N)c3c2C(=O)c2ccccc2C3=O)cc1S(=O)(=O)[O-]. The van der Waals surface area contributed by atoms with Crippen molar-refractivity contribution in [3.05, 3.63) is 76.3 Å². The van der Waals surface area contributed by atoms with Crippen LogP contribution in [0.1, 0.15) is 109 Å². The van der Waals surface area contributed by atoms with Gasteiger partial charge in [-0.1, -0.05) is 95.0 Å². The number of hydrogen-bond acceptors (Lipinski definition) is 9. The standard InChI is InChI=1S/C32H38N2O8S2/c1-2-3-4-5-6-7-8-9-10-11-14-21-17-18-22(19-26(21)43(37,38)39)34-25-20-27(44(40,41)42)30(33)29-28(25)31(35)23-15-12-13-16-24(23)32(29)36/h12-13,15-20,34H,2-11,14,33H2,1H3,(H,37,38,39)(H,40,41,42)/p-1. The maximum absolute atomic E-state index is 13.5. The molecule has 0 fully saturated rings. The number of nitrogens with one attached hydrogen (secondary N) is 1. The zero-order valence-corrected chi connectivity index (χ0v) is 26.2. The molecule has 0 amide bonds. The minimum Gasteiger partial charge on any atom is -0.744 e. The van der Waals surface area contributed by atoms with Crippen LogP contribution in [0.3, 0.4) is 0 Å². The van der Waals surface area contributed by atoms with Crippen molar-refractivity contribution >= 4 is 48.9 Å². The van der Waals surface area contributed by atoms with Gasteiger partial charge >= 0.3 is 0 Å². The molecule has 10 nitrogen and oxygen atoms in total. The number of carbonyl (C=O) groups is 2. The van der Waals surface area contributed by atoms with Gasteiger partial charge in [-0.05, 0) is 36.6 Å². The third-order valence-corrected chi connectivity index (χ3v) is 9.71. The Kier molecular flexibility index (Phi) is 10.6. The van der Waals surface area contributed by atoms with Crippen molar-refractivity contribution in [2.75, 3.05) is 11.1 Å². The molecule has 1 aliphatic carbocycles. The number of benzene rings is 3. The van der Waals surface area contributed by atoms with Crippen LogP contribution in [0.15, 0.2) is 58.3 Å². The Morgan fingerprint density at radius 3 is 1.84 bits per heavy atom. The fourth-order valence-electron chi connectivity index (χ4n) is 5.64. The summed E-state index contributed by atoms with van der Waals surface area (Å²) in [5, 5.41) is 2.79. The molecule has 0 saturated heterocycles. The van der Waals surface area contributed by atoms with Crippen LogP contribution in [-0.2, 0) is 26.7 Å². The van der Waals surface area contributed by atoms with Gasteiger partial charge in [0.25, 0.3) is 10.1 Å². The van der Waals surface area contributed by atoms with Crippen molar-refractivity contribution in [1.82, 2.24) is 0 Å². The number of hydrogen-bond donors (Lipinski definition) is 3. The van der Waals surface area contributed by atoms with E-state index >= 15 is 0 Å². The molecule has 3 aromatic carbocycles. The van der Waals surface area contributed by atoms with E-state index in [4.69, 9.17) is 5.73 Å². The van der Waals surface area contributed by atoms with Crippen LogP contribution in [0.5, 0.6) is 0 Å². The van der Waals surface area contributed by atoms with E-state index in [1.807, 2.05) is 0 Å². The summed E-state index contributed by atoms with van der Waals surface area (Å²) in [5.41, 5.74) is 5.08. The zero-order valence-electron chi connectivity index (χ0n) is 24.6. The Bertz CT molecular complexity index is 1780. The average molecular weight is 642 g/mol. The Hall–Kier alpha value is -3.58. The molecule has 0 atom stereocenters. The minimum absolute atomic E-state index is 0.0196. The van der Waals surface area contributed by atoms with Crippen molar-refractivity contribution in [3.63, 3.8) is 0 Å². The zero-order chi connectivity index (χ0) is 32.1. The number of carbonyl (C=O) groups excluding carboxylic acids is 2. The average Bonchev–Trinajstić information content (AvgIpc) is 2.97. The molecular formula is C32H37N2O8S2-. The highest BCUT2D eigenvalue weighted by Crippen LogP contribution is 2.40. The van der Waals surface area contributed by atoms with E-state index in [2.05, 4.69) is 12.2 Å². The fraction of sp³-hybridized carbons (Fsp3) is 0.375. The van der Waals surface area contributed by atoms with Gasteiger partial charge in [-0.25, -0.2) is 8.42 Å². The van der Waals surface area contributed by atoms with E-state index in [1.54, 1.807) is 12.1 Å². The third-order valence-electron chi connectivity index (χ3n) is 7.89. The molecule has 0 heterocycles. The van der Waals surface area contributed by atoms with E-state index in [-0.39, 0.29) is 28.1 Å². The van der Waals surface area contributed by atoms with Gasteiger partial charge in [0.05, 0.1) is 27.4 Å². The lowest BCUT2D eigenvalue weighted by Crippen LogP contribution is -2.25. The Labute approximate surface area is 258 Å². The molecule has 4 rings (SSSR count). The van der Waals surface area contributed by atoms with Crippen molar-refractivity contribution < 1.29 is 35.5 Å². The van der Waals surface area contributed by atoms with Gasteiger partial charge in [-0.15, -0.1) is 0 Å². The summed E-state index contributed by atoms with van der Waals surface area (Å²) >= 11 is 0. The number of nitrogen functional groups attached to an aromatic ring is 1. The lowest BCUT2D eigenvalue weighted by Gasteiger charge is -2.24. The first-order valence-corrected chi connectivity index (χ1v) is 17.7. The van der Waals surface area contributed by atoms with Crippen LogP contribution in [-0.4, -0.2) is 37.5 Å². The van der Waals surface area contributed by atoms with E-state index in [1.165, 1.54) is 56.4 Å². The summed E-state index contributed by atoms with van der Waals surface area (Å²) in [6, 6.07) is 11.0. The molecule has 4 N–H and O–H groups in total. The second kappa shape index (κ2) is 14.0. The summed E-state index contributed by atoms with van der Waals surface area (Å²) in [7, 11) is -9.83. The van der Waals surface area contributed by atoms with Crippen LogP contribution in [0.25, 0.3) is 0 Å². The molecule has 0 spiro atoms. The summed E-state index contributed by atoms with van der Waals surface area (Å²) in [6.45, 7) is 2.19. The number of aryl methyl sites for hydroxylation is 1. The largest absolute Gasteiger partial charge is 0.744 e. The highest BCUT2D eigenvalue weighted by atomic mass is 32.2. The predicted octanol–water partition coefficient (Wildman–Crippen LogP) is 6.40. The maximum Gasteiger partial charge on any atom is 0.296 e. The summed E-state index contributed by atoms with van der Waals surface area (Å²) in [5.74, 6) is -1.34. The first kappa shape index (κ1) is 33.3. The monoisotopic (exact) mass is 641 g/mol. The number of rotatable bonds is 15. The molecule has 44 heavy (non-hydrogen) atoms. The smallest absolute Gasteiger partial charge is 0.296 e. The molecule has 0 bridgehead atoms. The molecule has 12 heteroatoms. The fourth-order valence-corrected chi connectivity index (χ4v) is 7.04. The Morgan fingerprint density at radius 1 is 0.750 bits per heavy atom. The van der Waals surface area contributed by atoms with E-state index in [9.17, 15) is 35.5 Å². The van der Waals surface area contributed by atoms with Gasteiger partial charge in [-0.3, -0.25) is 14.1 Å². The number of nitrogens with two attached hydrogens (primary N) is 1. The molecule has 1 aliphatic rings. The number of unbranched alkanes of at least 4 members (excludes halogenated alkanes) is 9. The summed E-state index contributed by atoms with van der Waals surface area (Å²) < 4.78 is 70.9. The van der Waals surface area contributed by atoms with E-state index in [0.29, 0.717) is 18.4 Å². The second-order valence-corrected chi connectivity index (χ2v) is 13.8. The van der Waals surface area contributed by atoms with Gasteiger partial charge < -0.3 is 15.6 Å². The van der Waals surface area contributed by atoms with E-state index < -0.39 is 52.8 Å². The molecule has 0 radical (unpaired) electrons. The number of fused-ring (bicyclic) bond motifs is 2. The lowest BCUT2D eigenvalue weighted by molar-refractivity contribution is 0.0980. The summed E-state index contributed by atoms with van der Waals surface area (Å²) in [6.07, 6.45) is 11.4. The quantitative estimate of drug-likeness (QED) is 0.0745. The number of ketones is 2. The van der Waals surface area contributed by atoms with Crippen LogP contribution in [0.2, 0.25) is 0 Å². The normalized spacial score (nSPS) is 13.1. The predicted molar refractivity (Wildman–Crippen MR) is 167 cm³/mol. The van der Waals surface area contributed by atoms with Crippen molar-refractivity contribution in [3.8, 4) is 0 Å². The second-order valence-electron chi connectivity index (χ2n) is 11.1. The molecule has 0 aliphatic heterocycles. The topological polar surface area (TPSA) is 184 Å². The van der Waals surface area contributed by atoms with Crippen LogP contribution in [0, 0.1) is 0 Å². The highest BCUT2D eigenvalue weighted by molar-refractivity contribution is 7.86. The third kappa shape index (κ3) is 7.55. The molecule has 236 valence electrons. The Balaban J connectivity index is 1.59. The molecule has 0 unspecified atom stereocenters. The molecular weight excluding hydrogens is 604 g/mol. The van der Waals surface area contributed by atoms with Crippen LogP contribution >= 0.6 is 0 Å². The molecule has 3 aromatic rings. The molecule has 0 saturated carbocycles. The summed E-state index contributed by atoms with van der Waals surface area (Å²) in [4.78, 5) is 25.7.